The molecule has 0 bridgehead atoms. The van der Waals surface area contributed by atoms with Gasteiger partial charge in [-0.15, -0.1) is 6.58 Å². The van der Waals surface area contributed by atoms with E-state index in [1.165, 1.54) is 56.1 Å². The van der Waals surface area contributed by atoms with Crippen molar-refractivity contribution in [1.29, 1.82) is 0 Å². The number of rotatable bonds is 10. The molecule has 5 fully saturated rings. The second-order valence-corrected chi connectivity index (χ2v) is 20.5. The Morgan fingerprint density at radius 1 is 0.982 bits per heavy atom. The van der Waals surface area contributed by atoms with Crippen LogP contribution < -0.4 is 5.32 Å². The molecule has 1 aromatic rings. The normalized spacial score (nSPS) is 37.1. The molecule has 1 aliphatic heterocycles. The number of carbonyl (C=O) groups is 2. The SMILES string of the molecule is C=CC.COCCCN(CCN1CCS(=O)CC1)C(=O)NC12CCCC1C1CCC3C4(C)CC=C(c5ccc(C(=O)O)cc5)C(C)C4CCC3(C)[C@]1(C)CC2. The highest BCUT2D eigenvalue weighted by atomic mass is 32.2. The summed E-state index contributed by atoms with van der Waals surface area (Å²) in [6.45, 7) is 20.2. The first-order valence-electron chi connectivity index (χ1n) is 21.5. The summed E-state index contributed by atoms with van der Waals surface area (Å²) in [6, 6.07) is 7.65. The number of ether oxygens (including phenoxy) is 1. The lowest BCUT2D eigenvalue weighted by atomic mass is 9.34. The number of carboxylic acids is 1. The van der Waals surface area contributed by atoms with Gasteiger partial charge in [0.05, 0.1) is 5.56 Å². The van der Waals surface area contributed by atoms with Crippen LogP contribution in [0.3, 0.4) is 0 Å². The van der Waals surface area contributed by atoms with Gasteiger partial charge in [0.2, 0.25) is 0 Å². The highest BCUT2D eigenvalue weighted by Gasteiger charge is 2.68. The van der Waals surface area contributed by atoms with Gasteiger partial charge < -0.3 is 20.1 Å². The zero-order valence-electron chi connectivity index (χ0n) is 34.9. The fraction of sp³-hybridized carbons (Fsp3) is 0.739. The van der Waals surface area contributed by atoms with Gasteiger partial charge in [-0.3, -0.25) is 9.11 Å². The number of fused-ring (bicyclic) bond motifs is 7. The van der Waals surface area contributed by atoms with Crippen molar-refractivity contribution < 1.29 is 23.6 Å². The Bertz CT molecular complexity index is 1590. The first kappa shape index (κ1) is 42.1. The van der Waals surface area contributed by atoms with Crippen molar-refractivity contribution in [2.75, 3.05) is 57.9 Å². The zero-order chi connectivity index (χ0) is 39.6. The lowest BCUT2D eigenvalue weighted by Gasteiger charge is -2.71. The summed E-state index contributed by atoms with van der Waals surface area (Å²) in [6.07, 6.45) is 17.0. The number of allylic oxidation sites excluding steroid dienone is 3. The second-order valence-electron chi connectivity index (χ2n) is 18.8. The molecule has 1 heterocycles. The lowest BCUT2D eigenvalue weighted by molar-refractivity contribution is -0.210. The van der Waals surface area contributed by atoms with Gasteiger partial charge in [-0.05, 0) is 140 Å². The fourth-order valence-electron chi connectivity index (χ4n) is 13.4. The molecule has 5 aliphatic carbocycles. The van der Waals surface area contributed by atoms with Crippen LogP contribution in [0.1, 0.15) is 121 Å². The van der Waals surface area contributed by atoms with E-state index in [1.54, 1.807) is 25.3 Å². The number of carbonyl (C=O) groups excluding carboxylic acids is 1. The Balaban J connectivity index is 0.00000166. The molecule has 8 nitrogen and oxygen atoms in total. The third-order valence-corrected chi connectivity index (χ3v) is 17.7. The molecule has 1 aromatic carbocycles. The Hall–Kier alpha value is -2.49. The summed E-state index contributed by atoms with van der Waals surface area (Å²) < 4.78 is 17.3. The maximum absolute atomic E-state index is 14.3. The average molecular weight is 778 g/mol. The highest BCUT2D eigenvalue weighted by Crippen LogP contribution is 2.75. The number of amides is 2. The molecule has 6 aliphatic rings. The van der Waals surface area contributed by atoms with E-state index in [-0.39, 0.29) is 27.8 Å². The number of nitrogens with one attached hydrogen (secondary N) is 1. The van der Waals surface area contributed by atoms with Crippen molar-refractivity contribution in [2.24, 2.45) is 45.8 Å². The van der Waals surface area contributed by atoms with E-state index in [4.69, 9.17) is 4.74 Å². The van der Waals surface area contributed by atoms with Crippen LogP contribution in [0.5, 0.6) is 0 Å². The summed E-state index contributed by atoms with van der Waals surface area (Å²) >= 11 is 0. The van der Waals surface area contributed by atoms with Gasteiger partial charge in [0.15, 0.2) is 0 Å². The predicted octanol–water partition coefficient (Wildman–Crippen LogP) is 8.90. The standard InChI is InChI=1S/C43H65N3O5S.C3H6/c1-30-33(31-9-11-32(12-10-31)38(47)48)15-18-40(2)34(30)16-19-42(4)37(40)14-13-35-36-8-6-17-43(36,21-20-41(35,42)3)44-39(49)46(22-7-27-51-5)24-23-45-25-28-52(50)29-26-45;1-3-2/h9-12,15,30,34-37H,6-8,13-14,16-29H2,1-5H3,(H,44,49)(H,47,48);3H,1H2,2H3/t30?,34?,35?,36?,37?,40?,41-,42?,43?;/m1./s1. The quantitative estimate of drug-likeness (QED) is 0.182. The fourth-order valence-corrected chi connectivity index (χ4v) is 14.5. The first-order valence-corrected chi connectivity index (χ1v) is 23.0. The molecule has 0 spiro atoms. The summed E-state index contributed by atoms with van der Waals surface area (Å²) in [5.41, 5.74) is 3.57. The van der Waals surface area contributed by atoms with Crippen molar-refractivity contribution in [2.45, 2.75) is 111 Å². The molecular formula is C46H71N3O5S. The third kappa shape index (κ3) is 7.89. The van der Waals surface area contributed by atoms with Crippen molar-refractivity contribution in [3.63, 3.8) is 0 Å². The van der Waals surface area contributed by atoms with Crippen molar-refractivity contribution in [3.05, 3.63) is 54.1 Å². The van der Waals surface area contributed by atoms with Crippen LogP contribution in [0.2, 0.25) is 0 Å². The predicted molar refractivity (Wildman–Crippen MR) is 225 cm³/mol. The van der Waals surface area contributed by atoms with Gasteiger partial charge in [-0.25, -0.2) is 9.59 Å². The summed E-state index contributed by atoms with van der Waals surface area (Å²) in [4.78, 5) is 30.2. The minimum Gasteiger partial charge on any atom is -0.478 e. The molecule has 0 radical (unpaired) electrons. The van der Waals surface area contributed by atoms with Crippen LogP contribution in [0.15, 0.2) is 43.0 Å². The second kappa shape index (κ2) is 17.2. The number of aromatic carboxylic acids is 1. The third-order valence-electron chi connectivity index (χ3n) is 16.4. The Morgan fingerprint density at radius 3 is 2.36 bits per heavy atom. The molecule has 0 aromatic heterocycles. The molecule has 55 heavy (non-hydrogen) atoms. The van der Waals surface area contributed by atoms with E-state index in [0.717, 1.165) is 56.8 Å². The van der Waals surface area contributed by atoms with Gasteiger partial charge in [0.1, 0.15) is 0 Å². The molecule has 9 heteroatoms. The Labute approximate surface area is 334 Å². The molecule has 9 atom stereocenters. The van der Waals surface area contributed by atoms with E-state index in [0.29, 0.717) is 54.8 Å². The minimum atomic E-state index is -0.871. The van der Waals surface area contributed by atoms with Gasteiger partial charge in [0, 0.05) is 74.3 Å². The maximum atomic E-state index is 14.3. The monoisotopic (exact) mass is 778 g/mol. The van der Waals surface area contributed by atoms with E-state index >= 15 is 0 Å². The van der Waals surface area contributed by atoms with Crippen LogP contribution in [0.25, 0.3) is 5.57 Å². The number of hydrogen-bond acceptors (Lipinski definition) is 5. The van der Waals surface area contributed by atoms with Gasteiger partial charge >= 0.3 is 12.0 Å². The van der Waals surface area contributed by atoms with Crippen LogP contribution in [-0.4, -0.2) is 94.6 Å². The summed E-state index contributed by atoms with van der Waals surface area (Å²) in [7, 11) is 1.03. The molecule has 1 saturated heterocycles. The summed E-state index contributed by atoms with van der Waals surface area (Å²) in [5, 5.41) is 13.2. The van der Waals surface area contributed by atoms with Crippen molar-refractivity contribution in [1.82, 2.24) is 15.1 Å². The molecule has 2 N–H and O–H groups in total. The molecule has 4 saturated carbocycles. The Kier molecular flexibility index (Phi) is 13.1. The number of carboxylic acid groups (broad SMARTS) is 1. The number of nitrogens with zero attached hydrogens (tertiary/aromatic N) is 2. The van der Waals surface area contributed by atoms with Crippen LogP contribution in [0, 0.1) is 45.8 Å². The van der Waals surface area contributed by atoms with Crippen LogP contribution >= 0.6 is 0 Å². The topological polar surface area (TPSA) is 99.2 Å². The zero-order valence-corrected chi connectivity index (χ0v) is 35.7. The number of urea groups is 1. The largest absolute Gasteiger partial charge is 0.478 e. The molecule has 8 unspecified atom stereocenters. The van der Waals surface area contributed by atoms with E-state index in [1.807, 2.05) is 19.1 Å². The minimum absolute atomic E-state index is 0.108. The Morgan fingerprint density at radius 2 is 1.69 bits per heavy atom. The van der Waals surface area contributed by atoms with Crippen LogP contribution in [-0.2, 0) is 15.5 Å². The van der Waals surface area contributed by atoms with Crippen molar-refractivity contribution in [3.8, 4) is 0 Å². The van der Waals surface area contributed by atoms with Gasteiger partial charge in [-0.2, -0.15) is 0 Å². The molecule has 7 rings (SSSR count). The first-order chi connectivity index (χ1) is 26.3. The number of benzene rings is 1. The number of methoxy groups -OCH3 is 1. The number of hydrogen-bond donors (Lipinski definition) is 2. The van der Waals surface area contributed by atoms with Gasteiger partial charge in [0.25, 0.3) is 0 Å². The van der Waals surface area contributed by atoms with Crippen molar-refractivity contribution >= 4 is 28.4 Å². The molecular weight excluding hydrogens is 707 g/mol. The lowest BCUT2D eigenvalue weighted by Crippen LogP contribution is -2.68. The van der Waals surface area contributed by atoms with E-state index < -0.39 is 16.8 Å². The van der Waals surface area contributed by atoms with E-state index in [9.17, 15) is 18.9 Å². The van der Waals surface area contributed by atoms with Crippen LogP contribution in [0.4, 0.5) is 4.79 Å². The maximum Gasteiger partial charge on any atom is 0.335 e. The van der Waals surface area contributed by atoms with E-state index in [2.05, 4.69) is 55.5 Å². The molecule has 2 amide bonds. The average Bonchev–Trinajstić information content (AvgIpc) is 3.58. The van der Waals surface area contributed by atoms with Gasteiger partial charge in [-0.1, -0.05) is 58.4 Å². The molecule has 306 valence electrons. The highest BCUT2D eigenvalue weighted by molar-refractivity contribution is 7.85. The smallest absolute Gasteiger partial charge is 0.335 e. The summed E-state index contributed by atoms with van der Waals surface area (Å²) in [5.74, 6) is 3.49.